The van der Waals surface area contributed by atoms with Crippen molar-refractivity contribution in [3.05, 3.63) is 29.8 Å². The highest BCUT2D eigenvalue weighted by atomic mass is 15.1. The van der Waals surface area contributed by atoms with Gasteiger partial charge in [0.1, 0.15) is 0 Å². The van der Waals surface area contributed by atoms with Crippen molar-refractivity contribution >= 4 is 5.69 Å². The van der Waals surface area contributed by atoms with Crippen LogP contribution in [-0.4, -0.2) is 19.6 Å². The SMILES string of the molecule is CCCC1CCCN(c2ccccc2CNCC)CC1. The topological polar surface area (TPSA) is 15.3 Å². The first-order chi connectivity index (χ1) is 9.85. The number of anilines is 1. The van der Waals surface area contributed by atoms with E-state index < -0.39 is 0 Å². The predicted molar refractivity (Wildman–Crippen MR) is 88.3 cm³/mol. The van der Waals surface area contributed by atoms with Crippen LogP contribution in [0.25, 0.3) is 0 Å². The van der Waals surface area contributed by atoms with Crippen LogP contribution in [0.3, 0.4) is 0 Å². The van der Waals surface area contributed by atoms with Crippen LogP contribution in [0.2, 0.25) is 0 Å². The lowest BCUT2D eigenvalue weighted by atomic mass is 9.96. The van der Waals surface area contributed by atoms with E-state index in [2.05, 4.69) is 48.3 Å². The molecule has 1 aliphatic rings. The Morgan fingerprint density at radius 3 is 2.80 bits per heavy atom. The van der Waals surface area contributed by atoms with Crippen molar-refractivity contribution in [2.75, 3.05) is 24.5 Å². The van der Waals surface area contributed by atoms with Gasteiger partial charge in [0.05, 0.1) is 0 Å². The van der Waals surface area contributed by atoms with Crippen LogP contribution in [0.4, 0.5) is 5.69 Å². The third-order valence-corrected chi connectivity index (χ3v) is 4.44. The van der Waals surface area contributed by atoms with Gasteiger partial charge in [0.25, 0.3) is 0 Å². The summed E-state index contributed by atoms with van der Waals surface area (Å²) in [5, 5.41) is 3.46. The molecule has 0 amide bonds. The van der Waals surface area contributed by atoms with Gasteiger partial charge in [-0.05, 0) is 43.4 Å². The Bertz CT molecular complexity index is 389. The molecular formula is C18H30N2. The van der Waals surface area contributed by atoms with Gasteiger partial charge in [-0.2, -0.15) is 0 Å². The second kappa shape index (κ2) is 8.31. The van der Waals surface area contributed by atoms with Crippen molar-refractivity contribution in [2.45, 2.75) is 52.5 Å². The normalized spacial score (nSPS) is 19.9. The van der Waals surface area contributed by atoms with E-state index in [1.54, 1.807) is 0 Å². The monoisotopic (exact) mass is 274 g/mol. The predicted octanol–water partition coefficient (Wildman–Crippen LogP) is 4.20. The molecule has 1 aromatic carbocycles. The third kappa shape index (κ3) is 4.24. The number of hydrogen-bond donors (Lipinski definition) is 1. The van der Waals surface area contributed by atoms with Crippen LogP contribution in [-0.2, 0) is 6.54 Å². The molecule has 2 heteroatoms. The molecule has 1 saturated heterocycles. The lowest BCUT2D eigenvalue weighted by Crippen LogP contribution is -2.26. The van der Waals surface area contributed by atoms with Gasteiger partial charge < -0.3 is 10.2 Å². The number of benzene rings is 1. The highest BCUT2D eigenvalue weighted by molar-refractivity contribution is 5.53. The molecule has 0 aliphatic carbocycles. The van der Waals surface area contributed by atoms with Gasteiger partial charge in [-0.15, -0.1) is 0 Å². The summed E-state index contributed by atoms with van der Waals surface area (Å²) in [6.45, 7) is 8.96. The summed E-state index contributed by atoms with van der Waals surface area (Å²) in [7, 11) is 0. The van der Waals surface area contributed by atoms with E-state index in [1.165, 1.54) is 56.4 Å². The van der Waals surface area contributed by atoms with Crippen LogP contribution < -0.4 is 10.2 Å². The van der Waals surface area contributed by atoms with Crippen LogP contribution >= 0.6 is 0 Å². The summed E-state index contributed by atoms with van der Waals surface area (Å²) < 4.78 is 0. The van der Waals surface area contributed by atoms with E-state index in [4.69, 9.17) is 0 Å². The summed E-state index contributed by atoms with van der Waals surface area (Å²) in [6, 6.07) is 8.91. The molecule has 1 fully saturated rings. The smallest absolute Gasteiger partial charge is 0.0411 e. The second-order valence-electron chi connectivity index (χ2n) is 5.98. The quantitative estimate of drug-likeness (QED) is 0.836. The molecule has 0 aromatic heterocycles. The second-order valence-corrected chi connectivity index (χ2v) is 5.98. The van der Waals surface area contributed by atoms with E-state index in [0.29, 0.717) is 0 Å². The average molecular weight is 274 g/mol. The Balaban J connectivity index is 2.03. The Kier molecular flexibility index (Phi) is 6.38. The number of hydrogen-bond acceptors (Lipinski definition) is 2. The highest BCUT2D eigenvalue weighted by Crippen LogP contribution is 2.27. The van der Waals surface area contributed by atoms with Crippen LogP contribution in [0.15, 0.2) is 24.3 Å². The van der Waals surface area contributed by atoms with Gasteiger partial charge in [0.15, 0.2) is 0 Å². The first-order valence-corrected chi connectivity index (χ1v) is 8.38. The molecule has 1 aromatic rings. The fourth-order valence-corrected chi connectivity index (χ4v) is 3.33. The van der Waals surface area contributed by atoms with Crippen molar-refractivity contribution in [3.8, 4) is 0 Å². The largest absolute Gasteiger partial charge is 0.371 e. The Labute approximate surface area is 124 Å². The summed E-state index contributed by atoms with van der Waals surface area (Å²) in [6.07, 6.45) is 6.87. The van der Waals surface area contributed by atoms with E-state index in [-0.39, 0.29) is 0 Å². The van der Waals surface area contributed by atoms with Crippen LogP contribution in [0.1, 0.15) is 51.5 Å². The maximum atomic E-state index is 3.46. The zero-order valence-corrected chi connectivity index (χ0v) is 13.2. The Morgan fingerprint density at radius 1 is 1.15 bits per heavy atom. The van der Waals surface area contributed by atoms with Gasteiger partial charge >= 0.3 is 0 Å². The number of rotatable bonds is 6. The molecule has 1 heterocycles. The maximum Gasteiger partial charge on any atom is 0.0411 e. The van der Waals surface area contributed by atoms with Gasteiger partial charge in [0.2, 0.25) is 0 Å². The molecule has 112 valence electrons. The molecule has 0 saturated carbocycles. The maximum absolute atomic E-state index is 3.46. The van der Waals surface area contributed by atoms with Crippen molar-refractivity contribution in [1.82, 2.24) is 5.32 Å². The zero-order valence-electron chi connectivity index (χ0n) is 13.2. The minimum Gasteiger partial charge on any atom is -0.371 e. The summed E-state index contributed by atoms with van der Waals surface area (Å²) in [5.41, 5.74) is 2.90. The van der Waals surface area contributed by atoms with Crippen molar-refractivity contribution in [3.63, 3.8) is 0 Å². The van der Waals surface area contributed by atoms with Gasteiger partial charge in [-0.25, -0.2) is 0 Å². The zero-order chi connectivity index (χ0) is 14.2. The molecule has 0 bridgehead atoms. The third-order valence-electron chi connectivity index (χ3n) is 4.44. The molecule has 1 atom stereocenters. The minimum atomic E-state index is 0.950. The molecule has 1 N–H and O–H groups in total. The first-order valence-electron chi connectivity index (χ1n) is 8.38. The van der Waals surface area contributed by atoms with Gasteiger partial charge in [0, 0.05) is 25.3 Å². The minimum absolute atomic E-state index is 0.950. The van der Waals surface area contributed by atoms with Crippen LogP contribution in [0, 0.1) is 5.92 Å². The molecular weight excluding hydrogens is 244 g/mol. The van der Waals surface area contributed by atoms with Crippen LogP contribution in [0.5, 0.6) is 0 Å². The average Bonchev–Trinajstić information content (AvgIpc) is 2.71. The Morgan fingerprint density at radius 2 is 2.00 bits per heavy atom. The molecule has 0 radical (unpaired) electrons. The lowest BCUT2D eigenvalue weighted by Gasteiger charge is -2.26. The standard InChI is InChI=1S/C18H30N2/c1-3-8-16-9-7-13-20(14-12-16)18-11-6-5-10-17(18)15-19-4-2/h5-6,10-11,16,19H,3-4,7-9,12-15H2,1-2H3. The summed E-state index contributed by atoms with van der Waals surface area (Å²) in [4.78, 5) is 2.61. The molecule has 1 unspecified atom stereocenters. The Hall–Kier alpha value is -1.02. The first kappa shape index (κ1) is 15.4. The lowest BCUT2D eigenvalue weighted by molar-refractivity contribution is 0.435. The molecule has 0 spiro atoms. The van der Waals surface area contributed by atoms with Gasteiger partial charge in [-0.1, -0.05) is 44.9 Å². The van der Waals surface area contributed by atoms with Crippen molar-refractivity contribution in [2.24, 2.45) is 5.92 Å². The van der Waals surface area contributed by atoms with Crippen molar-refractivity contribution in [1.29, 1.82) is 0 Å². The summed E-state index contributed by atoms with van der Waals surface area (Å²) in [5.74, 6) is 0.950. The van der Waals surface area contributed by atoms with E-state index in [0.717, 1.165) is 19.0 Å². The molecule has 2 nitrogen and oxygen atoms in total. The highest BCUT2D eigenvalue weighted by Gasteiger charge is 2.18. The van der Waals surface area contributed by atoms with E-state index in [1.807, 2.05) is 0 Å². The van der Waals surface area contributed by atoms with E-state index >= 15 is 0 Å². The van der Waals surface area contributed by atoms with Gasteiger partial charge in [-0.3, -0.25) is 0 Å². The molecule has 2 rings (SSSR count). The number of para-hydroxylation sites is 1. The fourth-order valence-electron chi connectivity index (χ4n) is 3.33. The fraction of sp³-hybridized carbons (Fsp3) is 0.667. The van der Waals surface area contributed by atoms with Crippen molar-refractivity contribution < 1.29 is 0 Å². The van der Waals surface area contributed by atoms with E-state index in [9.17, 15) is 0 Å². The number of nitrogens with zero attached hydrogens (tertiary/aromatic N) is 1. The molecule has 20 heavy (non-hydrogen) atoms. The summed E-state index contributed by atoms with van der Waals surface area (Å²) >= 11 is 0. The number of nitrogens with one attached hydrogen (secondary N) is 1. The molecule has 1 aliphatic heterocycles.